The van der Waals surface area contributed by atoms with E-state index in [4.69, 9.17) is 4.74 Å². The summed E-state index contributed by atoms with van der Waals surface area (Å²) >= 11 is 0. The van der Waals surface area contributed by atoms with E-state index in [9.17, 15) is 8.78 Å². The Morgan fingerprint density at radius 1 is 1.38 bits per heavy atom. The summed E-state index contributed by atoms with van der Waals surface area (Å²) in [6, 6.07) is 5.59. The van der Waals surface area contributed by atoms with Gasteiger partial charge < -0.3 is 4.74 Å². The molecule has 1 aromatic rings. The number of halogens is 2. The van der Waals surface area contributed by atoms with Crippen LogP contribution in [0.3, 0.4) is 0 Å². The van der Waals surface area contributed by atoms with Gasteiger partial charge >= 0.3 is 0 Å². The minimum Gasteiger partial charge on any atom is -0.489 e. The Morgan fingerprint density at radius 3 is 2.54 bits per heavy atom. The number of rotatable bonds is 3. The minimum absolute atomic E-state index is 0.183. The lowest BCUT2D eigenvalue weighted by molar-refractivity contribution is 0.349. The van der Waals surface area contributed by atoms with Crippen molar-refractivity contribution in [1.29, 1.82) is 0 Å². The number of benzene rings is 1. The van der Waals surface area contributed by atoms with Gasteiger partial charge in [-0.05, 0) is 36.8 Å². The van der Waals surface area contributed by atoms with Crippen molar-refractivity contribution in [3.8, 4) is 5.75 Å². The average molecular weight is 184 g/mol. The lowest BCUT2D eigenvalue weighted by atomic mass is 10.3. The molecule has 13 heavy (non-hydrogen) atoms. The molecule has 0 aliphatic carbocycles. The van der Waals surface area contributed by atoms with Gasteiger partial charge in [-0.2, -0.15) is 0 Å². The molecule has 0 saturated carbocycles. The van der Waals surface area contributed by atoms with Gasteiger partial charge in [-0.25, -0.2) is 8.78 Å². The molecule has 0 fully saturated rings. The third-order valence-electron chi connectivity index (χ3n) is 1.47. The highest BCUT2D eigenvalue weighted by Crippen LogP contribution is 2.11. The summed E-state index contributed by atoms with van der Waals surface area (Å²) in [4.78, 5) is 0. The molecule has 1 rings (SSSR count). The lowest BCUT2D eigenvalue weighted by Crippen LogP contribution is -1.97. The van der Waals surface area contributed by atoms with Crippen LogP contribution in [0.15, 0.2) is 36.2 Å². The SMILES string of the molecule is C/C(=C/F)COc1ccc(F)cc1. The fourth-order valence-electron chi connectivity index (χ4n) is 0.759. The van der Waals surface area contributed by atoms with Crippen LogP contribution in [0.4, 0.5) is 8.78 Å². The van der Waals surface area contributed by atoms with Crippen molar-refractivity contribution in [2.45, 2.75) is 6.92 Å². The van der Waals surface area contributed by atoms with Gasteiger partial charge in [0.1, 0.15) is 18.2 Å². The summed E-state index contributed by atoms with van der Waals surface area (Å²) in [6.07, 6.45) is 0.490. The molecular weight excluding hydrogens is 174 g/mol. The van der Waals surface area contributed by atoms with Crippen molar-refractivity contribution < 1.29 is 13.5 Å². The van der Waals surface area contributed by atoms with Crippen molar-refractivity contribution in [3.63, 3.8) is 0 Å². The molecule has 0 atom stereocenters. The number of hydrogen-bond acceptors (Lipinski definition) is 1. The van der Waals surface area contributed by atoms with Crippen molar-refractivity contribution in [2.75, 3.05) is 6.61 Å². The molecule has 1 aromatic carbocycles. The quantitative estimate of drug-likeness (QED) is 0.701. The maximum atomic E-state index is 12.4. The Hall–Kier alpha value is -1.38. The second kappa shape index (κ2) is 4.60. The van der Waals surface area contributed by atoms with E-state index in [-0.39, 0.29) is 12.4 Å². The Kier molecular flexibility index (Phi) is 3.43. The molecular formula is C10H10F2O. The molecule has 0 unspecified atom stereocenters. The van der Waals surface area contributed by atoms with Crippen LogP contribution in [0.25, 0.3) is 0 Å². The zero-order valence-corrected chi connectivity index (χ0v) is 7.26. The van der Waals surface area contributed by atoms with Gasteiger partial charge in [0, 0.05) is 0 Å². The van der Waals surface area contributed by atoms with E-state index in [2.05, 4.69) is 0 Å². The first kappa shape index (κ1) is 9.71. The molecule has 0 spiro atoms. The Bertz CT molecular complexity index is 290. The van der Waals surface area contributed by atoms with E-state index in [0.717, 1.165) is 0 Å². The van der Waals surface area contributed by atoms with Crippen LogP contribution < -0.4 is 4.74 Å². The van der Waals surface area contributed by atoms with Crippen LogP contribution in [0.1, 0.15) is 6.92 Å². The van der Waals surface area contributed by atoms with Gasteiger partial charge in [-0.3, -0.25) is 0 Å². The first-order valence-corrected chi connectivity index (χ1v) is 3.86. The summed E-state index contributed by atoms with van der Waals surface area (Å²) in [5.74, 6) is 0.215. The molecule has 0 saturated heterocycles. The Morgan fingerprint density at radius 2 is 2.00 bits per heavy atom. The zero-order valence-electron chi connectivity index (χ0n) is 7.26. The topological polar surface area (TPSA) is 9.23 Å². The summed E-state index contributed by atoms with van der Waals surface area (Å²) in [5, 5.41) is 0. The lowest BCUT2D eigenvalue weighted by Gasteiger charge is -2.04. The van der Waals surface area contributed by atoms with E-state index in [0.29, 0.717) is 17.7 Å². The summed E-state index contributed by atoms with van der Waals surface area (Å²) < 4.78 is 29.4. The maximum Gasteiger partial charge on any atom is 0.123 e. The zero-order chi connectivity index (χ0) is 9.68. The van der Waals surface area contributed by atoms with Crippen molar-refractivity contribution in [3.05, 3.63) is 42.0 Å². The number of ether oxygens (including phenoxy) is 1. The number of hydrogen-bond donors (Lipinski definition) is 0. The molecule has 0 aromatic heterocycles. The molecule has 0 aliphatic rings. The standard InChI is InChI=1S/C10H10F2O/c1-8(6-11)7-13-10-4-2-9(12)3-5-10/h2-6H,7H2,1H3/b8-6-. The smallest absolute Gasteiger partial charge is 0.123 e. The predicted octanol–water partition coefficient (Wildman–Crippen LogP) is 3.08. The van der Waals surface area contributed by atoms with Gasteiger partial charge in [0.05, 0.1) is 6.33 Å². The highest BCUT2D eigenvalue weighted by atomic mass is 19.1. The highest BCUT2D eigenvalue weighted by molar-refractivity contribution is 5.22. The van der Waals surface area contributed by atoms with Crippen LogP contribution in [-0.4, -0.2) is 6.61 Å². The van der Waals surface area contributed by atoms with Crippen LogP contribution >= 0.6 is 0 Å². The summed E-state index contributed by atoms with van der Waals surface area (Å²) in [6.45, 7) is 1.80. The molecule has 0 aliphatic heterocycles. The highest BCUT2D eigenvalue weighted by Gasteiger charge is 1.94. The van der Waals surface area contributed by atoms with E-state index in [1.165, 1.54) is 24.3 Å². The maximum absolute atomic E-state index is 12.4. The third kappa shape index (κ3) is 3.23. The summed E-state index contributed by atoms with van der Waals surface area (Å²) in [7, 11) is 0. The molecule has 0 amide bonds. The minimum atomic E-state index is -0.315. The van der Waals surface area contributed by atoms with Crippen LogP contribution in [0, 0.1) is 5.82 Å². The molecule has 0 N–H and O–H groups in total. The fourth-order valence-corrected chi connectivity index (χ4v) is 0.759. The molecule has 0 bridgehead atoms. The fraction of sp³-hybridized carbons (Fsp3) is 0.200. The van der Waals surface area contributed by atoms with Crippen molar-refractivity contribution >= 4 is 0 Å². The van der Waals surface area contributed by atoms with Crippen LogP contribution in [0.5, 0.6) is 5.75 Å². The Balaban J connectivity index is 2.51. The van der Waals surface area contributed by atoms with E-state index in [1.54, 1.807) is 6.92 Å². The average Bonchev–Trinajstić information content (AvgIpc) is 2.16. The molecule has 70 valence electrons. The normalized spacial score (nSPS) is 11.5. The van der Waals surface area contributed by atoms with E-state index in [1.807, 2.05) is 0 Å². The largest absolute Gasteiger partial charge is 0.489 e. The summed E-state index contributed by atoms with van der Waals surface area (Å²) in [5.41, 5.74) is 0.490. The molecule has 0 radical (unpaired) electrons. The monoisotopic (exact) mass is 184 g/mol. The molecule has 1 nitrogen and oxygen atoms in total. The second-order valence-electron chi connectivity index (χ2n) is 2.70. The molecule has 3 heteroatoms. The molecule has 0 heterocycles. The van der Waals surface area contributed by atoms with Crippen LogP contribution in [-0.2, 0) is 0 Å². The van der Waals surface area contributed by atoms with Gasteiger partial charge in [0.15, 0.2) is 0 Å². The Labute approximate surface area is 75.6 Å². The van der Waals surface area contributed by atoms with Crippen LogP contribution in [0.2, 0.25) is 0 Å². The van der Waals surface area contributed by atoms with E-state index < -0.39 is 0 Å². The predicted molar refractivity (Wildman–Crippen MR) is 46.8 cm³/mol. The van der Waals surface area contributed by atoms with Crippen molar-refractivity contribution in [2.24, 2.45) is 0 Å². The van der Waals surface area contributed by atoms with E-state index >= 15 is 0 Å². The first-order chi connectivity index (χ1) is 6.22. The first-order valence-electron chi connectivity index (χ1n) is 3.86. The van der Waals surface area contributed by atoms with Crippen molar-refractivity contribution in [1.82, 2.24) is 0 Å². The van der Waals surface area contributed by atoms with Gasteiger partial charge in [0.25, 0.3) is 0 Å². The van der Waals surface area contributed by atoms with Gasteiger partial charge in [-0.1, -0.05) is 0 Å². The van der Waals surface area contributed by atoms with Gasteiger partial charge in [-0.15, -0.1) is 0 Å². The third-order valence-corrected chi connectivity index (χ3v) is 1.47. The second-order valence-corrected chi connectivity index (χ2v) is 2.70. The van der Waals surface area contributed by atoms with Gasteiger partial charge in [0.2, 0.25) is 0 Å².